The highest BCUT2D eigenvalue weighted by molar-refractivity contribution is 7.92. The fraction of sp³-hybridized carbons (Fsp3) is 0.143. The van der Waals surface area contributed by atoms with E-state index in [1.807, 2.05) is 54.6 Å². The van der Waals surface area contributed by atoms with Crippen LogP contribution in [0.25, 0.3) is 22.3 Å². The molecule has 28 heavy (non-hydrogen) atoms. The zero-order valence-corrected chi connectivity index (χ0v) is 15.9. The molecule has 142 valence electrons. The number of hydrogen-bond donors (Lipinski definition) is 1. The van der Waals surface area contributed by atoms with Crippen LogP contribution in [0.5, 0.6) is 23.0 Å². The van der Waals surface area contributed by atoms with Crippen LogP contribution in [0.4, 0.5) is 0 Å². The molecule has 0 aliphatic carbocycles. The van der Waals surface area contributed by atoms with Crippen LogP contribution in [0.1, 0.15) is 0 Å². The first-order chi connectivity index (χ1) is 13.5. The fourth-order valence-corrected chi connectivity index (χ4v) is 4.75. The maximum absolute atomic E-state index is 13.0. The third kappa shape index (κ3) is 2.75. The van der Waals surface area contributed by atoms with E-state index < -0.39 is 9.73 Å². The molecule has 1 atom stereocenters. The molecule has 3 aromatic carbocycles. The van der Waals surface area contributed by atoms with Crippen LogP contribution in [-0.4, -0.2) is 24.1 Å². The Morgan fingerprint density at radius 1 is 0.750 bits per heavy atom. The van der Waals surface area contributed by atoms with E-state index in [9.17, 15) is 4.21 Å². The summed E-state index contributed by atoms with van der Waals surface area (Å²) in [6.45, 7) is 0.373. The van der Waals surface area contributed by atoms with Crippen LogP contribution in [0.2, 0.25) is 0 Å². The van der Waals surface area contributed by atoms with Crippen molar-refractivity contribution in [2.75, 3.05) is 19.8 Å². The molecule has 5 rings (SSSR count). The van der Waals surface area contributed by atoms with Gasteiger partial charge in [-0.25, -0.2) is 8.99 Å². The van der Waals surface area contributed by atoms with Crippen LogP contribution in [0.15, 0.2) is 59.5 Å². The van der Waals surface area contributed by atoms with Crippen molar-refractivity contribution in [1.82, 2.24) is 0 Å². The summed E-state index contributed by atoms with van der Waals surface area (Å²) in [6.07, 6.45) is 1.44. The Hall–Kier alpha value is -3.19. The number of benzene rings is 3. The van der Waals surface area contributed by atoms with Crippen molar-refractivity contribution in [2.45, 2.75) is 4.90 Å². The molecule has 7 heteroatoms. The Bertz CT molecular complexity index is 1130. The van der Waals surface area contributed by atoms with Gasteiger partial charge in [0.1, 0.15) is 0 Å². The summed E-state index contributed by atoms with van der Waals surface area (Å²) >= 11 is 0. The van der Waals surface area contributed by atoms with Crippen LogP contribution in [0, 0.1) is 4.78 Å². The Balaban J connectivity index is 1.72. The lowest BCUT2D eigenvalue weighted by Gasteiger charge is -2.16. The molecule has 2 aliphatic heterocycles. The summed E-state index contributed by atoms with van der Waals surface area (Å²) in [4.78, 5) is 0.479. The summed E-state index contributed by atoms with van der Waals surface area (Å²) in [6, 6.07) is 16.8. The van der Waals surface area contributed by atoms with Gasteiger partial charge in [-0.3, -0.25) is 0 Å². The van der Waals surface area contributed by atoms with Gasteiger partial charge in [-0.2, -0.15) is 0 Å². The minimum absolute atomic E-state index is 0.186. The maximum Gasteiger partial charge on any atom is 0.231 e. The van der Waals surface area contributed by atoms with Gasteiger partial charge in [0, 0.05) is 6.26 Å². The summed E-state index contributed by atoms with van der Waals surface area (Å²) in [5.74, 6) is 2.65. The molecule has 0 amide bonds. The van der Waals surface area contributed by atoms with Gasteiger partial charge in [-0.15, -0.1) is 0 Å². The number of nitrogens with one attached hydrogen (secondary N) is 1. The van der Waals surface area contributed by atoms with Gasteiger partial charge in [0.25, 0.3) is 0 Å². The van der Waals surface area contributed by atoms with Crippen molar-refractivity contribution in [2.24, 2.45) is 0 Å². The van der Waals surface area contributed by atoms with E-state index in [1.54, 1.807) is 0 Å². The number of ether oxygens (including phenoxy) is 4. The summed E-state index contributed by atoms with van der Waals surface area (Å²) < 4.78 is 43.1. The largest absolute Gasteiger partial charge is 0.454 e. The Kier molecular flexibility index (Phi) is 3.73. The molecular formula is C21H17NO5S. The number of hydrogen-bond acceptors (Lipinski definition) is 6. The molecule has 0 saturated carbocycles. The second-order valence-corrected chi connectivity index (χ2v) is 8.76. The minimum Gasteiger partial charge on any atom is -0.454 e. The zero-order valence-electron chi connectivity index (χ0n) is 15.1. The predicted octanol–water partition coefficient (Wildman–Crippen LogP) is 4.51. The first-order valence-electron chi connectivity index (χ1n) is 8.67. The molecule has 2 heterocycles. The minimum atomic E-state index is -3.03. The molecule has 0 aromatic heterocycles. The van der Waals surface area contributed by atoms with Gasteiger partial charge >= 0.3 is 0 Å². The van der Waals surface area contributed by atoms with Crippen LogP contribution < -0.4 is 18.9 Å². The molecular weight excluding hydrogens is 378 g/mol. The third-order valence-corrected chi connectivity index (χ3v) is 5.99. The smallest absolute Gasteiger partial charge is 0.231 e. The normalized spacial score (nSPS) is 16.0. The first kappa shape index (κ1) is 16.9. The number of rotatable bonds is 3. The molecule has 0 fully saturated rings. The van der Waals surface area contributed by atoms with E-state index in [0.717, 1.165) is 22.3 Å². The highest BCUT2D eigenvalue weighted by atomic mass is 32.2. The Morgan fingerprint density at radius 3 is 1.68 bits per heavy atom. The number of fused-ring (bicyclic) bond motifs is 2. The average molecular weight is 395 g/mol. The van der Waals surface area contributed by atoms with Gasteiger partial charge in [0.2, 0.25) is 13.6 Å². The summed E-state index contributed by atoms with van der Waals surface area (Å²) in [5.41, 5.74) is 3.11. The zero-order chi connectivity index (χ0) is 19.3. The Labute approximate surface area is 162 Å². The summed E-state index contributed by atoms with van der Waals surface area (Å²) in [7, 11) is -3.03. The quantitative estimate of drug-likeness (QED) is 0.706. The van der Waals surface area contributed by atoms with Gasteiger partial charge in [-0.05, 0) is 46.5 Å². The van der Waals surface area contributed by atoms with Gasteiger partial charge in [0.05, 0.1) is 14.6 Å². The average Bonchev–Trinajstić information content (AvgIpc) is 3.34. The van der Waals surface area contributed by atoms with Gasteiger partial charge in [0.15, 0.2) is 23.0 Å². The van der Waals surface area contributed by atoms with Crippen molar-refractivity contribution in [3.63, 3.8) is 0 Å². The molecule has 0 bridgehead atoms. The lowest BCUT2D eigenvalue weighted by Crippen LogP contribution is -2.01. The molecule has 3 aromatic rings. The summed E-state index contributed by atoms with van der Waals surface area (Å²) in [5, 5.41) is 0. The van der Waals surface area contributed by atoms with Crippen molar-refractivity contribution < 1.29 is 23.2 Å². The van der Waals surface area contributed by atoms with E-state index in [-0.39, 0.29) is 13.6 Å². The second-order valence-electron chi connectivity index (χ2n) is 6.66. The van der Waals surface area contributed by atoms with Crippen LogP contribution >= 0.6 is 0 Å². The first-order valence-corrected chi connectivity index (χ1v) is 10.6. The SMILES string of the molecule is CS(=N)(=O)c1c(-c2ccc3c(c2)OCO3)cccc1-c1ccc2c(c1)OCO2. The molecule has 0 spiro atoms. The lowest BCUT2D eigenvalue weighted by atomic mass is 9.98. The third-order valence-electron chi connectivity index (χ3n) is 4.77. The second kappa shape index (κ2) is 6.17. The monoisotopic (exact) mass is 395 g/mol. The van der Waals surface area contributed by atoms with E-state index in [4.69, 9.17) is 23.7 Å². The van der Waals surface area contributed by atoms with Crippen molar-refractivity contribution >= 4 is 9.73 Å². The van der Waals surface area contributed by atoms with E-state index in [0.29, 0.717) is 27.9 Å². The molecule has 1 unspecified atom stereocenters. The van der Waals surface area contributed by atoms with Crippen LogP contribution in [0.3, 0.4) is 0 Å². The lowest BCUT2D eigenvalue weighted by molar-refractivity contribution is 0.173. The van der Waals surface area contributed by atoms with E-state index >= 15 is 0 Å². The van der Waals surface area contributed by atoms with Gasteiger partial charge in [-0.1, -0.05) is 30.3 Å². The van der Waals surface area contributed by atoms with E-state index in [1.165, 1.54) is 6.26 Å². The topological polar surface area (TPSA) is 77.8 Å². The van der Waals surface area contributed by atoms with Crippen molar-refractivity contribution in [3.8, 4) is 45.3 Å². The molecule has 0 saturated heterocycles. The maximum atomic E-state index is 13.0. The molecule has 0 radical (unpaired) electrons. The standard InChI is InChI=1S/C21H17NO5S/c1-28(22,23)21-15(13-5-7-17-19(9-13)26-11-24-17)3-2-4-16(21)14-6-8-18-20(10-14)27-12-25-18/h2-10,22H,11-12H2,1H3. The van der Waals surface area contributed by atoms with Crippen LogP contribution in [-0.2, 0) is 9.73 Å². The fourth-order valence-electron chi connectivity index (χ4n) is 3.54. The van der Waals surface area contributed by atoms with Gasteiger partial charge < -0.3 is 18.9 Å². The molecule has 2 aliphatic rings. The van der Waals surface area contributed by atoms with Crippen molar-refractivity contribution in [1.29, 1.82) is 4.78 Å². The predicted molar refractivity (Wildman–Crippen MR) is 105 cm³/mol. The molecule has 1 N–H and O–H groups in total. The Morgan fingerprint density at radius 2 is 1.21 bits per heavy atom. The molecule has 6 nitrogen and oxygen atoms in total. The highest BCUT2D eigenvalue weighted by Crippen LogP contribution is 2.42. The highest BCUT2D eigenvalue weighted by Gasteiger charge is 2.22. The van der Waals surface area contributed by atoms with E-state index in [2.05, 4.69) is 0 Å². The van der Waals surface area contributed by atoms with Crippen molar-refractivity contribution in [3.05, 3.63) is 54.6 Å².